The van der Waals surface area contributed by atoms with E-state index in [2.05, 4.69) is 21.2 Å². The summed E-state index contributed by atoms with van der Waals surface area (Å²) in [6.45, 7) is 1.11. The molecule has 6 heteroatoms. The molecule has 5 rings (SSSR count). The highest BCUT2D eigenvalue weighted by molar-refractivity contribution is 9.10. The van der Waals surface area contributed by atoms with Gasteiger partial charge in [-0.3, -0.25) is 9.59 Å². The predicted octanol–water partition coefficient (Wildman–Crippen LogP) is 2.56. The quantitative estimate of drug-likeness (QED) is 0.569. The second-order valence-corrected chi connectivity index (χ2v) is 10.1. The molecule has 134 valence electrons. The molecule has 0 aromatic rings. The van der Waals surface area contributed by atoms with E-state index in [1.54, 1.807) is 0 Å². The highest BCUT2D eigenvalue weighted by Gasteiger charge is 2.60. The number of nitrogens with one attached hydrogen (secondary N) is 1. The van der Waals surface area contributed by atoms with Gasteiger partial charge in [0.2, 0.25) is 0 Å². The van der Waals surface area contributed by atoms with Gasteiger partial charge in [0.15, 0.2) is 6.61 Å². The smallest absolute Gasteiger partial charge is 0.312 e. The summed E-state index contributed by atoms with van der Waals surface area (Å²) < 4.78 is 11.0. The van der Waals surface area contributed by atoms with Crippen molar-refractivity contribution in [2.45, 2.75) is 61.8 Å². The molecule has 2 unspecified atom stereocenters. The summed E-state index contributed by atoms with van der Waals surface area (Å²) in [6.07, 6.45) is 8.50. The topological polar surface area (TPSA) is 64.6 Å². The lowest BCUT2D eigenvalue weighted by molar-refractivity contribution is -0.171. The molecule has 1 saturated heterocycles. The van der Waals surface area contributed by atoms with Crippen LogP contribution < -0.4 is 5.32 Å². The van der Waals surface area contributed by atoms with Crippen molar-refractivity contribution in [2.75, 3.05) is 19.8 Å². The predicted molar refractivity (Wildman–Crippen MR) is 91.7 cm³/mol. The average Bonchev–Trinajstić information content (AvgIpc) is 3.01. The van der Waals surface area contributed by atoms with E-state index in [0.29, 0.717) is 18.4 Å². The molecule has 1 aliphatic heterocycles. The number of carbonyl (C=O) groups is 2. The Labute approximate surface area is 151 Å². The highest BCUT2D eigenvalue weighted by Crippen LogP contribution is 2.64. The van der Waals surface area contributed by atoms with Gasteiger partial charge in [-0.15, -0.1) is 0 Å². The zero-order chi connectivity index (χ0) is 16.8. The summed E-state index contributed by atoms with van der Waals surface area (Å²) in [6, 6.07) is 0. The van der Waals surface area contributed by atoms with Crippen molar-refractivity contribution in [1.29, 1.82) is 0 Å². The van der Waals surface area contributed by atoms with Crippen LogP contribution in [0.15, 0.2) is 0 Å². The van der Waals surface area contributed by atoms with Crippen molar-refractivity contribution in [3.8, 4) is 0 Å². The van der Waals surface area contributed by atoms with E-state index in [4.69, 9.17) is 9.47 Å². The monoisotopic (exact) mass is 399 g/mol. The fraction of sp³-hybridized carbons (Fsp3) is 0.889. The van der Waals surface area contributed by atoms with Gasteiger partial charge in [-0.2, -0.15) is 0 Å². The van der Waals surface area contributed by atoms with Gasteiger partial charge >= 0.3 is 5.97 Å². The molecule has 0 aromatic heterocycles. The van der Waals surface area contributed by atoms with Crippen LogP contribution in [-0.4, -0.2) is 42.1 Å². The standard InChI is InChI=1S/C18H26BrNO4/c19-18-7-12-4-13(8-18)6-17(5-12,11-18)16(22)24-10-15(21)20-9-14-2-1-3-23-14/h12-14H,1-11H2,(H,20,21)/t12-,13+,14-,17?,18?/m0/s1. The maximum Gasteiger partial charge on any atom is 0.312 e. The number of amides is 1. The molecule has 1 heterocycles. The zero-order valence-electron chi connectivity index (χ0n) is 14.0. The molecule has 0 aromatic carbocycles. The Bertz CT molecular complexity index is 517. The first-order chi connectivity index (χ1) is 11.5. The molecule has 5 aliphatic rings. The molecule has 4 bridgehead atoms. The van der Waals surface area contributed by atoms with Crippen LogP contribution >= 0.6 is 15.9 Å². The highest BCUT2D eigenvalue weighted by atomic mass is 79.9. The Hall–Kier alpha value is -0.620. The van der Waals surface area contributed by atoms with Gasteiger partial charge in [-0.25, -0.2) is 0 Å². The van der Waals surface area contributed by atoms with E-state index in [-0.39, 0.29) is 34.3 Å². The van der Waals surface area contributed by atoms with Crippen molar-refractivity contribution >= 4 is 27.8 Å². The van der Waals surface area contributed by atoms with Gasteiger partial charge in [-0.05, 0) is 63.2 Å². The first kappa shape index (κ1) is 16.8. The van der Waals surface area contributed by atoms with Crippen molar-refractivity contribution in [2.24, 2.45) is 17.3 Å². The fourth-order valence-electron chi connectivity index (χ4n) is 5.76. The first-order valence-electron chi connectivity index (χ1n) is 9.21. The van der Waals surface area contributed by atoms with Crippen LogP contribution in [0.2, 0.25) is 0 Å². The maximum atomic E-state index is 12.8. The van der Waals surface area contributed by atoms with Crippen LogP contribution in [0, 0.1) is 17.3 Å². The number of hydrogen-bond acceptors (Lipinski definition) is 4. The van der Waals surface area contributed by atoms with Crippen LogP contribution in [0.4, 0.5) is 0 Å². The molecule has 4 saturated carbocycles. The maximum absolute atomic E-state index is 12.8. The van der Waals surface area contributed by atoms with Crippen LogP contribution in [0.3, 0.4) is 0 Å². The number of esters is 1. The Balaban J connectivity index is 1.29. The van der Waals surface area contributed by atoms with Crippen molar-refractivity contribution in [1.82, 2.24) is 5.32 Å². The number of halogens is 1. The second-order valence-electron chi connectivity index (χ2n) is 8.41. The molecular weight excluding hydrogens is 374 g/mol. The van der Waals surface area contributed by atoms with Crippen LogP contribution in [0.5, 0.6) is 0 Å². The van der Waals surface area contributed by atoms with Gasteiger partial charge in [0.05, 0.1) is 11.5 Å². The molecule has 5 atom stereocenters. The minimum Gasteiger partial charge on any atom is -0.455 e. The van der Waals surface area contributed by atoms with E-state index >= 15 is 0 Å². The summed E-state index contributed by atoms with van der Waals surface area (Å²) in [5.41, 5.74) is -0.359. The third-order valence-electron chi connectivity index (χ3n) is 6.31. The summed E-state index contributed by atoms with van der Waals surface area (Å²) in [5.74, 6) is 0.878. The third-order valence-corrected chi connectivity index (χ3v) is 7.24. The summed E-state index contributed by atoms with van der Waals surface area (Å²) in [5, 5.41) is 2.81. The summed E-state index contributed by atoms with van der Waals surface area (Å²) in [4.78, 5) is 24.7. The van der Waals surface area contributed by atoms with E-state index in [1.807, 2.05) is 0 Å². The van der Waals surface area contributed by atoms with Gasteiger partial charge in [0.1, 0.15) is 0 Å². The minimum absolute atomic E-state index is 0.112. The van der Waals surface area contributed by atoms with Gasteiger partial charge in [0, 0.05) is 17.5 Å². The van der Waals surface area contributed by atoms with Gasteiger partial charge in [-0.1, -0.05) is 15.9 Å². The Kier molecular flexibility index (Phi) is 4.40. The molecular formula is C18H26BrNO4. The van der Waals surface area contributed by atoms with Gasteiger partial charge in [0.25, 0.3) is 5.91 Å². The lowest BCUT2D eigenvalue weighted by Gasteiger charge is -2.58. The number of carbonyl (C=O) groups excluding carboxylic acids is 2. The van der Waals surface area contributed by atoms with Crippen LogP contribution in [0.25, 0.3) is 0 Å². The lowest BCUT2D eigenvalue weighted by atomic mass is 9.49. The van der Waals surface area contributed by atoms with Crippen molar-refractivity contribution in [3.63, 3.8) is 0 Å². The van der Waals surface area contributed by atoms with Gasteiger partial charge < -0.3 is 14.8 Å². The SMILES string of the molecule is O=C(COC(=O)C12C[C@@H]3C[C@@H](CC(Br)(C3)C1)C2)NC[C@@H]1CCCO1. The molecule has 0 radical (unpaired) electrons. The Morgan fingerprint density at radius 1 is 1.21 bits per heavy atom. The number of hydrogen-bond donors (Lipinski definition) is 1. The molecule has 0 spiro atoms. The molecule has 5 nitrogen and oxygen atoms in total. The normalized spacial score (nSPS) is 43.0. The van der Waals surface area contributed by atoms with Crippen molar-refractivity contribution < 1.29 is 19.1 Å². The lowest BCUT2D eigenvalue weighted by Crippen LogP contribution is -2.56. The largest absolute Gasteiger partial charge is 0.455 e. The second kappa shape index (κ2) is 6.27. The minimum atomic E-state index is -0.359. The Morgan fingerprint density at radius 2 is 1.96 bits per heavy atom. The van der Waals surface area contributed by atoms with Crippen molar-refractivity contribution in [3.05, 3.63) is 0 Å². The fourth-order valence-corrected chi connectivity index (χ4v) is 7.21. The van der Waals surface area contributed by atoms with E-state index in [0.717, 1.165) is 38.7 Å². The average molecular weight is 400 g/mol. The molecule has 1 N–H and O–H groups in total. The van der Waals surface area contributed by atoms with E-state index in [9.17, 15) is 9.59 Å². The summed E-state index contributed by atoms with van der Waals surface area (Å²) >= 11 is 3.90. The van der Waals surface area contributed by atoms with E-state index in [1.165, 1.54) is 19.3 Å². The molecule has 24 heavy (non-hydrogen) atoms. The third kappa shape index (κ3) is 3.24. The molecule has 5 fully saturated rings. The van der Waals surface area contributed by atoms with Crippen LogP contribution in [-0.2, 0) is 19.1 Å². The Morgan fingerprint density at radius 3 is 2.58 bits per heavy atom. The molecule has 1 amide bonds. The summed E-state index contributed by atoms with van der Waals surface area (Å²) in [7, 11) is 0. The number of ether oxygens (including phenoxy) is 2. The first-order valence-corrected chi connectivity index (χ1v) is 10.0. The van der Waals surface area contributed by atoms with E-state index < -0.39 is 0 Å². The number of rotatable bonds is 5. The van der Waals surface area contributed by atoms with Crippen LogP contribution in [0.1, 0.15) is 51.4 Å². The molecule has 4 aliphatic carbocycles. The zero-order valence-corrected chi connectivity index (χ0v) is 15.6. The number of alkyl halides is 1.